The fourth-order valence-corrected chi connectivity index (χ4v) is 5.61. The summed E-state index contributed by atoms with van der Waals surface area (Å²) in [5.41, 5.74) is 4.73. The summed E-state index contributed by atoms with van der Waals surface area (Å²) in [6.45, 7) is 1.92. The second-order valence-electron chi connectivity index (χ2n) is 8.52. The summed E-state index contributed by atoms with van der Waals surface area (Å²) in [7, 11) is 0. The Morgan fingerprint density at radius 1 is 1.04 bits per heavy atom. The molecule has 0 aliphatic heterocycles. The van der Waals surface area contributed by atoms with E-state index in [4.69, 9.17) is 0 Å². The zero-order valence-corrected chi connectivity index (χ0v) is 15.5. The maximum atomic E-state index is 12.9. The molecule has 5 rings (SSSR count). The molecule has 0 atom stereocenters. The van der Waals surface area contributed by atoms with Crippen molar-refractivity contribution in [3.63, 3.8) is 0 Å². The van der Waals surface area contributed by atoms with Gasteiger partial charge in [-0.3, -0.25) is 4.79 Å². The highest BCUT2D eigenvalue weighted by molar-refractivity contribution is 5.94. The molecule has 4 fully saturated rings. The minimum atomic E-state index is -0.130. The number of hydrogen-bond acceptors (Lipinski definition) is 2. The summed E-state index contributed by atoms with van der Waals surface area (Å²) < 4.78 is 0. The fourth-order valence-electron chi connectivity index (χ4n) is 5.61. The number of benzene rings is 1. The molecule has 1 amide bonds. The van der Waals surface area contributed by atoms with Crippen LogP contribution in [0.4, 0.5) is 0 Å². The molecular formula is C23H28N2O. The van der Waals surface area contributed by atoms with Crippen LogP contribution in [0.25, 0.3) is 6.08 Å². The number of carbonyl (C=O) groups excluding carboxylic acids is 1. The Hall–Kier alpha value is -2.16. The second kappa shape index (κ2) is 7.22. The van der Waals surface area contributed by atoms with Gasteiger partial charge in [0, 0.05) is 0 Å². The predicted octanol–water partition coefficient (Wildman–Crippen LogP) is 4.96. The highest BCUT2D eigenvalue weighted by atomic mass is 16.2. The molecule has 26 heavy (non-hydrogen) atoms. The molecule has 1 aromatic rings. The average molecular weight is 348 g/mol. The molecule has 4 aliphatic carbocycles. The topological polar surface area (TPSA) is 41.5 Å². The van der Waals surface area contributed by atoms with Crippen LogP contribution in [0.1, 0.15) is 51.0 Å². The van der Waals surface area contributed by atoms with Crippen LogP contribution < -0.4 is 5.43 Å². The zero-order chi connectivity index (χ0) is 18.0. The van der Waals surface area contributed by atoms with Crippen molar-refractivity contribution >= 4 is 17.7 Å². The van der Waals surface area contributed by atoms with Crippen molar-refractivity contribution in [1.82, 2.24) is 5.43 Å². The van der Waals surface area contributed by atoms with Crippen molar-refractivity contribution in [2.24, 2.45) is 28.3 Å². The molecule has 3 nitrogen and oxygen atoms in total. The first-order valence-electron chi connectivity index (χ1n) is 9.87. The average Bonchev–Trinajstić information content (AvgIpc) is 2.63. The van der Waals surface area contributed by atoms with Gasteiger partial charge in [0.05, 0.1) is 11.1 Å². The summed E-state index contributed by atoms with van der Waals surface area (Å²) in [6, 6.07) is 10.2. The molecule has 136 valence electrons. The van der Waals surface area contributed by atoms with Gasteiger partial charge in [0.2, 0.25) is 5.91 Å². The fraction of sp³-hybridized carbons (Fsp3) is 0.478. The summed E-state index contributed by atoms with van der Waals surface area (Å²) in [6.07, 6.45) is 15.2. The van der Waals surface area contributed by atoms with E-state index in [1.807, 2.05) is 43.4 Å². The minimum absolute atomic E-state index is 0.130. The van der Waals surface area contributed by atoms with Crippen LogP contribution in [0.2, 0.25) is 0 Å². The van der Waals surface area contributed by atoms with Gasteiger partial charge in [-0.1, -0.05) is 48.6 Å². The van der Waals surface area contributed by atoms with Crippen LogP contribution >= 0.6 is 0 Å². The van der Waals surface area contributed by atoms with Gasteiger partial charge in [-0.15, -0.1) is 0 Å². The molecular weight excluding hydrogens is 320 g/mol. The zero-order valence-electron chi connectivity index (χ0n) is 15.5. The van der Waals surface area contributed by atoms with Gasteiger partial charge in [-0.05, 0) is 74.8 Å². The number of allylic oxidation sites excluding steroid dienone is 3. The van der Waals surface area contributed by atoms with Gasteiger partial charge >= 0.3 is 0 Å². The third kappa shape index (κ3) is 3.67. The normalized spacial score (nSPS) is 33.3. The van der Waals surface area contributed by atoms with Crippen LogP contribution in [0.15, 0.2) is 53.7 Å². The van der Waals surface area contributed by atoms with Crippen LogP contribution in [-0.2, 0) is 4.79 Å². The first kappa shape index (κ1) is 17.3. The predicted molar refractivity (Wildman–Crippen MR) is 106 cm³/mol. The Balaban J connectivity index is 1.33. The minimum Gasteiger partial charge on any atom is -0.273 e. The van der Waals surface area contributed by atoms with Crippen molar-refractivity contribution < 1.29 is 4.79 Å². The van der Waals surface area contributed by atoms with Gasteiger partial charge < -0.3 is 0 Å². The van der Waals surface area contributed by atoms with Crippen LogP contribution in [-0.4, -0.2) is 11.6 Å². The second-order valence-corrected chi connectivity index (χ2v) is 8.52. The number of nitrogens with one attached hydrogen (secondary N) is 1. The molecule has 0 spiro atoms. The lowest BCUT2D eigenvalue weighted by Crippen LogP contribution is -2.52. The van der Waals surface area contributed by atoms with Gasteiger partial charge in [-0.25, -0.2) is 5.43 Å². The molecule has 3 heteroatoms. The highest BCUT2D eigenvalue weighted by Crippen LogP contribution is 2.60. The Labute approximate surface area is 156 Å². The van der Waals surface area contributed by atoms with Crippen molar-refractivity contribution in [3.8, 4) is 0 Å². The first-order chi connectivity index (χ1) is 12.6. The van der Waals surface area contributed by atoms with E-state index < -0.39 is 0 Å². The number of amides is 1. The third-order valence-corrected chi connectivity index (χ3v) is 6.39. The number of carbonyl (C=O) groups is 1. The molecule has 0 saturated heterocycles. The van der Waals surface area contributed by atoms with E-state index >= 15 is 0 Å². The number of hydrazone groups is 1. The Morgan fingerprint density at radius 3 is 2.27 bits per heavy atom. The summed E-state index contributed by atoms with van der Waals surface area (Å²) in [4.78, 5) is 12.9. The van der Waals surface area contributed by atoms with E-state index in [1.54, 1.807) is 0 Å². The molecule has 0 heterocycles. The van der Waals surface area contributed by atoms with Crippen LogP contribution in [0.3, 0.4) is 0 Å². The maximum Gasteiger partial charge on any atom is 0.246 e. The summed E-state index contributed by atoms with van der Waals surface area (Å²) in [5.74, 6) is 2.49. The van der Waals surface area contributed by atoms with E-state index in [2.05, 4.69) is 28.7 Å². The largest absolute Gasteiger partial charge is 0.273 e. The molecule has 4 bridgehead atoms. The van der Waals surface area contributed by atoms with Gasteiger partial charge in [0.1, 0.15) is 0 Å². The van der Waals surface area contributed by atoms with Crippen molar-refractivity contribution in [2.75, 3.05) is 0 Å². The quantitative estimate of drug-likeness (QED) is 0.456. The molecule has 1 N–H and O–H groups in total. The monoisotopic (exact) mass is 348 g/mol. The molecule has 0 radical (unpaired) electrons. The van der Waals surface area contributed by atoms with Crippen molar-refractivity contribution in [2.45, 2.75) is 45.4 Å². The number of rotatable bonds is 5. The molecule has 4 saturated carbocycles. The van der Waals surface area contributed by atoms with E-state index in [-0.39, 0.29) is 11.3 Å². The number of nitrogens with zero attached hydrogens (tertiary/aromatic N) is 1. The maximum absolute atomic E-state index is 12.9. The lowest BCUT2D eigenvalue weighted by Gasteiger charge is -2.55. The third-order valence-electron chi connectivity index (χ3n) is 6.39. The van der Waals surface area contributed by atoms with Crippen LogP contribution in [0.5, 0.6) is 0 Å². The Morgan fingerprint density at radius 2 is 1.65 bits per heavy atom. The van der Waals surface area contributed by atoms with Gasteiger partial charge in [-0.2, -0.15) is 5.10 Å². The lowest BCUT2D eigenvalue weighted by molar-refractivity contribution is -0.146. The standard InChI is InChI=1S/C23H28N2O/c1-17(7-5-6-10-18-8-3-2-4-9-18)24-25-22(26)23-14-19-11-20(15-23)13-21(12-19)16-23/h2-10,19-21H,11-16H2,1H3,(H,25,26)/b7-5+,10-6+,24-17-. The van der Waals surface area contributed by atoms with Crippen LogP contribution in [0, 0.1) is 23.2 Å². The number of hydrogen-bond donors (Lipinski definition) is 1. The molecule has 0 unspecified atom stereocenters. The summed E-state index contributed by atoms with van der Waals surface area (Å²) in [5, 5.41) is 4.32. The first-order valence-corrected chi connectivity index (χ1v) is 9.87. The van der Waals surface area contributed by atoms with Gasteiger partial charge in [0.25, 0.3) is 0 Å². The van der Waals surface area contributed by atoms with E-state index in [0.717, 1.165) is 42.7 Å². The smallest absolute Gasteiger partial charge is 0.246 e. The highest BCUT2D eigenvalue weighted by Gasteiger charge is 2.54. The van der Waals surface area contributed by atoms with E-state index in [1.165, 1.54) is 24.8 Å². The van der Waals surface area contributed by atoms with E-state index in [0.29, 0.717) is 0 Å². The molecule has 4 aliphatic rings. The SMILES string of the molecule is CC(/C=C/C=C/c1ccccc1)=N/NC(=O)C12CC3CC(CC(C3)C1)C2. The van der Waals surface area contributed by atoms with E-state index in [9.17, 15) is 4.79 Å². The molecule has 1 aromatic carbocycles. The lowest BCUT2D eigenvalue weighted by atomic mass is 9.49. The summed E-state index contributed by atoms with van der Waals surface area (Å²) >= 11 is 0. The van der Waals surface area contributed by atoms with Gasteiger partial charge in [0.15, 0.2) is 0 Å². The Kier molecular flexibility index (Phi) is 4.80. The molecule has 0 aromatic heterocycles. The van der Waals surface area contributed by atoms with Crippen molar-refractivity contribution in [1.29, 1.82) is 0 Å². The Bertz CT molecular complexity index is 709. The van der Waals surface area contributed by atoms with Crippen molar-refractivity contribution in [3.05, 3.63) is 54.1 Å².